The van der Waals surface area contributed by atoms with Crippen LogP contribution in [0.3, 0.4) is 0 Å². The van der Waals surface area contributed by atoms with Gasteiger partial charge in [0.05, 0.1) is 0 Å². The molecule has 114 valence electrons. The Morgan fingerprint density at radius 1 is 1.00 bits per heavy atom. The lowest BCUT2D eigenvalue weighted by molar-refractivity contribution is 0.165. The molecule has 1 N–H and O–H groups in total. The van der Waals surface area contributed by atoms with Crippen molar-refractivity contribution in [3.05, 3.63) is 35.4 Å². The minimum atomic E-state index is 0.771. The molecular weight excluding hydrogens is 256 g/mol. The molecule has 1 aromatic rings. The molecule has 3 aliphatic rings. The van der Waals surface area contributed by atoms with E-state index in [1.807, 2.05) is 0 Å². The van der Waals surface area contributed by atoms with E-state index in [0.29, 0.717) is 0 Å². The van der Waals surface area contributed by atoms with Gasteiger partial charge in [-0.05, 0) is 70.0 Å². The topological polar surface area (TPSA) is 15.3 Å². The van der Waals surface area contributed by atoms with Gasteiger partial charge in [-0.2, -0.15) is 0 Å². The number of nitrogens with zero attached hydrogens (tertiary/aromatic N) is 1. The van der Waals surface area contributed by atoms with Gasteiger partial charge >= 0.3 is 0 Å². The fourth-order valence-electron chi connectivity index (χ4n) is 4.15. The average molecular weight is 284 g/mol. The van der Waals surface area contributed by atoms with Crippen LogP contribution in [-0.4, -0.2) is 36.1 Å². The third kappa shape index (κ3) is 3.17. The summed E-state index contributed by atoms with van der Waals surface area (Å²) in [5.74, 6) is 0.800. The fourth-order valence-corrected chi connectivity index (χ4v) is 4.15. The lowest BCUT2D eigenvalue weighted by Crippen LogP contribution is -2.50. The summed E-state index contributed by atoms with van der Waals surface area (Å²) in [6.07, 6.45) is 8.32. The number of hydrogen-bond acceptors (Lipinski definition) is 2. The average Bonchev–Trinajstić information content (AvgIpc) is 3.27. The van der Waals surface area contributed by atoms with Crippen LogP contribution in [0, 0.1) is 6.92 Å². The van der Waals surface area contributed by atoms with Gasteiger partial charge in [0.1, 0.15) is 0 Å². The first-order chi connectivity index (χ1) is 10.3. The molecule has 4 rings (SSSR count). The molecule has 0 spiro atoms. The van der Waals surface area contributed by atoms with Crippen molar-refractivity contribution >= 4 is 0 Å². The van der Waals surface area contributed by atoms with Gasteiger partial charge in [0, 0.05) is 18.1 Å². The van der Waals surface area contributed by atoms with Crippen molar-refractivity contribution in [3.8, 4) is 0 Å². The molecule has 0 radical (unpaired) electrons. The van der Waals surface area contributed by atoms with Gasteiger partial charge in [-0.3, -0.25) is 0 Å². The highest BCUT2D eigenvalue weighted by Crippen LogP contribution is 2.38. The Kier molecular flexibility index (Phi) is 3.76. The smallest absolute Gasteiger partial charge is 0.00964 e. The van der Waals surface area contributed by atoms with Gasteiger partial charge in [0.2, 0.25) is 0 Å². The SMILES string of the molecule is Cc1cccc(C2CC(NC3CCN(C4CC4)CC3)C2)c1. The van der Waals surface area contributed by atoms with Crippen molar-refractivity contribution in [1.82, 2.24) is 10.2 Å². The minimum Gasteiger partial charge on any atom is -0.311 e. The molecule has 0 aromatic heterocycles. The summed E-state index contributed by atoms with van der Waals surface area (Å²) >= 11 is 0. The first-order valence-corrected chi connectivity index (χ1v) is 8.84. The second-order valence-corrected chi connectivity index (χ2v) is 7.49. The molecule has 1 saturated heterocycles. The minimum absolute atomic E-state index is 0.771. The van der Waals surface area contributed by atoms with E-state index in [2.05, 4.69) is 41.4 Å². The zero-order valence-corrected chi connectivity index (χ0v) is 13.2. The summed E-state index contributed by atoms with van der Waals surface area (Å²) in [7, 11) is 0. The normalized spacial score (nSPS) is 31.1. The predicted molar refractivity (Wildman–Crippen MR) is 87.7 cm³/mol. The maximum absolute atomic E-state index is 3.92. The molecule has 2 aliphatic carbocycles. The largest absolute Gasteiger partial charge is 0.311 e. The Labute approximate surface area is 128 Å². The van der Waals surface area contributed by atoms with Gasteiger partial charge in [0.25, 0.3) is 0 Å². The number of likely N-dealkylation sites (tertiary alicyclic amines) is 1. The molecule has 3 fully saturated rings. The zero-order valence-electron chi connectivity index (χ0n) is 13.2. The van der Waals surface area contributed by atoms with Gasteiger partial charge in [0.15, 0.2) is 0 Å². The molecule has 21 heavy (non-hydrogen) atoms. The van der Waals surface area contributed by atoms with E-state index in [-0.39, 0.29) is 0 Å². The lowest BCUT2D eigenvalue weighted by atomic mass is 9.75. The second kappa shape index (κ2) is 5.73. The quantitative estimate of drug-likeness (QED) is 0.911. The molecule has 1 aromatic carbocycles. The van der Waals surface area contributed by atoms with E-state index in [0.717, 1.165) is 24.0 Å². The monoisotopic (exact) mass is 284 g/mol. The standard InChI is InChI=1S/C19H28N2/c1-14-3-2-4-15(11-14)16-12-18(13-16)20-17-7-9-21(10-8-17)19-5-6-19/h2-4,11,16-20H,5-10,12-13H2,1H3. The number of hydrogen-bond donors (Lipinski definition) is 1. The highest BCUT2D eigenvalue weighted by Gasteiger charge is 2.35. The van der Waals surface area contributed by atoms with Crippen molar-refractivity contribution < 1.29 is 0 Å². The first kappa shape index (κ1) is 13.8. The van der Waals surface area contributed by atoms with Crippen LogP contribution in [0.15, 0.2) is 24.3 Å². The summed E-state index contributed by atoms with van der Waals surface area (Å²) in [5.41, 5.74) is 2.95. The third-order valence-electron chi connectivity index (χ3n) is 5.72. The van der Waals surface area contributed by atoms with Gasteiger partial charge in [-0.1, -0.05) is 29.8 Å². The predicted octanol–water partition coefficient (Wildman–Crippen LogP) is 3.46. The highest BCUT2D eigenvalue weighted by atomic mass is 15.2. The molecular formula is C19H28N2. The molecule has 1 aliphatic heterocycles. The number of aryl methyl sites for hydroxylation is 1. The lowest BCUT2D eigenvalue weighted by Gasteiger charge is -2.41. The highest BCUT2D eigenvalue weighted by molar-refractivity contribution is 5.27. The van der Waals surface area contributed by atoms with Crippen LogP contribution >= 0.6 is 0 Å². The molecule has 2 nitrogen and oxygen atoms in total. The van der Waals surface area contributed by atoms with Gasteiger partial charge in [-0.25, -0.2) is 0 Å². The van der Waals surface area contributed by atoms with Crippen molar-refractivity contribution in [2.24, 2.45) is 0 Å². The van der Waals surface area contributed by atoms with E-state index in [9.17, 15) is 0 Å². The Morgan fingerprint density at radius 3 is 2.43 bits per heavy atom. The van der Waals surface area contributed by atoms with E-state index in [4.69, 9.17) is 0 Å². The van der Waals surface area contributed by atoms with E-state index in [1.54, 1.807) is 5.56 Å². The molecule has 0 amide bonds. The van der Waals surface area contributed by atoms with Crippen LogP contribution in [-0.2, 0) is 0 Å². The van der Waals surface area contributed by atoms with E-state index < -0.39 is 0 Å². The Morgan fingerprint density at radius 2 is 1.76 bits per heavy atom. The summed E-state index contributed by atoms with van der Waals surface area (Å²) in [4.78, 5) is 2.72. The van der Waals surface area contributed by atoms with Crippen molar-refractivity contribution in [2.45, 2.75) is 69.5 Å². The Balaban J connectivity index is 1.22. The van der Waals surface area contributed by atoms with Crippen LogP contribution < -0.4 is 5.32 Å². The molecule has 0 bridgehead atoms. The second-order valence-electron chi connectivity index (χ2n) is 7.49. The summed E-state index contributed by atoms with van der Waals surface area (Å²) < 4.78 is 0. The summed E-state index contributed by atoms with van der Waals surface area (Å²) in [6.45, 7) is 4.86. The fraction of sp³-hybridized carbons (Fsp3) is 0.684. The molecule has 0 atom stereocenters. The van der Waals surface area contributed by atoms with Crippen LogP contribution in [0.2, 0.25) is 0 Å². The van der Waals surface area contributed by atoms with Gasteiger partial charge in [-0.15, -0.1) is 0 Å². The van der Waals surface area contributed by atoms with Crippen molar-refractivity contribution in [2.75, 3.05) is 13.1 Å². The Hall–Kier alpha value is -0.860. The summed E-state index contributed by atoms with van der Waals surface area (Å²) in [6, 6.07) is 11.6. The molecule has 1 heterocycles. The van der Waals surface area contributed by atoms with Crippen LogP contribution in [0.5, 0.6) is 0 Å². The molecule has 2 saturated carbocycles. The number of rotatable bonds is 4. The number of benzene rings is 1. The Bertz CT molecular complexity index is 480. The van der Waals surface area contributed by atoms with Crippen LogP contribution in [0.1, 0.15) is 55.6 Å². The van der Waals surface area contributed by atoms with Crippen LogP contribution in [0.4, 0.5) is 0 Å². The first-order valence-electron chi connectivity index (χ1n) is 8.84. The molecule has 0 unspecified atom stereocenters. The number of nitrogens with one attached hydrogen (secondary N) is 1. The van der Waals surface area contributed by atoms with Gasteiger partial charge < -0.3 is 10.2 Å². The number of piperidine rings is 1. The maximum atomic E-state index is 3.92. The third-order valence-corrected chi connectivity index (χ3v) is 5.72. The van der Waals surface area contributed by atoms with Crippen molar-refractivity contribution in [1.29, 1.82) is 0 Å². The van der Waals surface area contributed by atoms with Crippen LogP contribution in [0.25, 0.3) is 0 Å². The van der Waals surface area contributed by atoms with E-state index in [1.165, 1.54) is 57.2 Å². The summed E-state index contributed by atoms with van der Waals surface area (Å²) in [5, 5.41) is 3.92. The van der Waals surface area contributed by atoms with Crippen molar-refractivity contribution in [3.63, 3.8) is 0 Å². The maximum Gasteiger partial charge on any atom is 0.00964 e. The zero-order chi connectivity index (χ0) is 14.2. The van der Waals surface area contributed by atoms with E-state index >= 15 is 0 Å². The molecule has 2 heteroatoms.